The van der Waals surface area contributed by atoms with E-state index < -0.39 is 33.9 Å². The third-order valence-electron chi connectivity index (χ3n) is 7.05. The summed E-state index contributed by atoms with van der Waals surface area (Å²) in [7, 11) is 0. The number of halogens is 4. The van der Waals surface area contributed by atoms with E-state index in [0.717, 1.165) is 11.6 Å². The van der Waals surface area contributed by atoms with Crippen LogP contribution < -0.4 is 9.62 Å². The van der Waals surface area contributed by atoms with Crippen LogP contribution in [0.5, 0.6) is 0 Å². The van der Waals surface area contributed by atoms with Crippen LogP contribution in [0.1, 0.15) is 70.7 Å². The van der Waals surface area contributed by atoms with Crippen molar-refractivity contribution in [3.05, 3.63) is 64.2 Å². The summed E-state index contributed by atoms with van der Waals surface area (Å²) in [6.07, 6.45) is -3.37. The molecule has 2 unspecified atom stereocenters. The zero-order valence-electron chi connectivity index (χ0n) is 24.1. The number of nitrogens with one attached hydrogen (secondary N) is 1. The molecule has 3 atom stereocenters. The average Bonchev–Trinajstić information content (AvgIpc) is 2.87. The first-order chi connectivity index (χ1) is 18.6. The summed E-state index contributed by atoms with van der Waals surface area (Å²) >= 11 is 4.50. The first-order valence-corrected chi connectivity index (χ1v) is 15.3. The summed E-state index contributed by atoms with van der Waals surface area (Å²) in [5.41, 5.74) is 1.47. The van der Waals surface area contributed by atoms with E-state index in [-0.39, 0.29) is 17.7 Å². The van der Waals surface area contributed by atoms with Crippen LogP contribution in [0.3, 0.4) is 0 Å². The first kappa shape index (κ1) is 32.6. The Bertz CT molecular complexity index is 1130. The minimum atomic E-state index is -4.50. The van der Waals surface area contributed by atoms with Gasteiger partial charge in [0.2, 0.25) is 5.91 Å². The van der Waals surface area contributed by atoms with Crippen molar-refractivity contribution in [3.63, 3.8) is 0 Å². The minimum absolute atomic E-state index is 0.0576. The van der Waals surface area contributed by atoms with Gasteiger partial charge < -0.3 is 14.4 Å². The Morgan fingerprint density at radius 2 is 1.62 bits per heavy atom. The molecule has 1 aliphatic heterocycles. The molecule has 2 aromatic rings. The van der Waals surface area contributed by atoms with Crippen LogP contribution in [0.25, 0.3) is 0 Å². The molecule has 10 heteroatoms. The van der Waals surface area contributed by atoms with E-state index in [0.29, 0.717) is 55.3 Å². The molecule has 1 fully saturated rings. The smallest absolute Gasteiger partial charge is 0.416 e. The molecule has 2 aromatic carbocycles. The molecule has 0 bridgehead atoms. The van der Waals surface area contributed by atoms with Crippen LogP contribution in [0.2, 0.25) is 5.02 Å². The maximum Gasteiger partial charge on any atom is 0.416 e. The van der Waals surface area contributed by atoms with Gasteiger partial charge in [-0.3, -0.25) is 4.79 Å². The number of benzene rings is 2. The monoisotopic (exact) mass is 599 g/mol. The van der Waals surface area contributed by atoms with Crippen molar-refractivity contribution in [1.29, 1.82) is 0 Å². The number of carbonyl (C=O) groups excluding carboxylic acids is 1. The highest BCUT2D eigenvalue weighted by atomic mass is 35.5. The summed E-state index contributed by atoms with van der Waals surface area (Å²) in [6.45, 7) is 13.3. The fraction of sp³-hybridized carbons (Fsp3) is 0.567. The van der Waals surface area contributed by atoms with Gasteiger partial charge >= 0.3 is 6.18 Å². The Morgan fingerprint density at radius 1 is 1.02 bits per heavy atom. The Labute approximate surface area is 244 Å². The summed E-state index contributed by atoms with van der Waals surface area (Å²) in [4.78, 5) is 17.1. The van der Waals surface area contributed by atoms with Gasteiger partial charge in [0.05, 0.1) is 11.6 Å². The van der Waals surface area contributed by atoms with Crippen LogP contribution in [0.4, 0.5) is 18.9 Å². The molecule has 1 N–H and O–H groups in total. The molecule has 0 saturated carbocycles. The van der Waals surface area contributed by atoms with Gasteiger partial charge in [-0.25, -0.2) is 0 Å². The Hall–Kier alpha value is -1.94. The van der Waals surface area contributed by atoms with Crippen LogP contribution in [0, 0.1) is 11.8 Å². The highest BCUT2D eigenvalue weighted by Crippen LogP contribution is 2.38. The molecule has 1 aliphatic rings. The molecule has 1 heterocycles. The van der Waals surface area contributed by atoms with E-state index in [1.165, 1.54) is 12.1 Å². The third kappa shape index (κ3) is 8.78. The van der Waals surface area contributed by atoms with Gasteiger partial charge in [-0.05, 0) is 81.0 Å². The lowest BCUT2D eigenvalue weighted by Gasteiger charge is -2.39. The minimum Gasteiger partial charge on any atom is -0.598 e. The van der Waals surface area contributed by atoms with Gasteiger partial charge in [0.1, 0.15) is 4.75 Å². The molecule has 0 spiro atoms. The van der Waals surface area contributed by atoms with Crippen molar-refractivity contribution in [2.24, 2.45) is 11.8 Å². The number of nitrogens with zero attached hydrogens (tertiary/aromatic N) is 2. The second kappa shape index (κ2) is 13.4. The summed E-state index contributed by atoms with van der Waals surface area (Å²) in [6, 6.07) is 10.8. The molecule has 0 aromatic heterocycles. The van der Waals surface area contributed by atoms with Crippen LogP contribution >= 0.6 is 11.6 Å². The topological polar surface area (TPSA) is 58.6 Å². The zero-order chi connectivity index (χ0) is 29.8. The highest BCUT2D eigenvalue weighted by molar-refractivity contribution is 7.90. The van der Waals surface area contributed by atoms with Crippen molar-refractivity contribution in [2.45, 2.75) is 71.3 Å². The fourth-order valence-corrected chi connectivity index (χ4v) is 5.82. The predicted octanol–water partition coefficient (Wildman–Crippen LogP) is 7.03. The third-order valence-corrected chi connectivity index (χ3v) is 8.91. The lowest BCUT2D eigenvalue weighted by Crippen LogP contribution is -2.50. The Balaban J connectivity index is 1.81. The number of alkyl halides is 3. The van der Waals surface area contributed by atoms with Gasteiger partial charge in [0.15, 0.2) is 0 Å². The summed E-state index contributed by atoms with van der Waals surface area (Å²) in [5.74, 6) is 0.0111. The fourth-order valence-electron chi connectivity index (χ4n) is 4.85. The quantitative estimate of drug-likeness (QED) is 0.315. The Kier molecular flexibility index (Phi) is 10.9. The number of rotatable bonds is 9. The van der Waals surface area contributed by atoms with E-state index in [2.05, 4.69) is 4.72 Å². The van der Waals surface area contributed by atoms with E-state index in [1.807, 2.05) is 75.6 Å². The van der Waals surface area contributed by atoms with E-state index in [4.69, 9.17) is 11.6 Å². The maximum absolute atomic E-state index is 13.8. The molecule has 5 nitrogen and oxygen atoms in total. The van der Waals surface area contributed by atoms with Crippen molar-refractivity contribution in [1.82, 2.24) is 9.62 Å². The zero-order valence-corrected chi connectivity index (χ0v) is 25.7. The molecular formula is C30H41ClF3N3O2S. The number of anilines is 1. The molecule has 40 heavy (non-hydrogen) atoms. The van der Waals surface area contributed by atoms with Crippen molar-refractivity contribution in [2.75, 3.05) is 31.1 Å². The van der Waals surface area contributed by atoms with Crippen molar-refractivity contribution in [3.8, 4) is 0 Å². The van der Waals surface area contributed by atoms with Gasteiger partial charge in [-0.15, -0.1) is 4.72 Å². The standard InChI is InChI=1S/C30H41ClF3N3O2S/c1-20(2)17-26(35-40(39)29(4,5)6)25-19-23(30(32,33)34)9-12-27(25)36-13-15-37(16-14-36)28(38)21(3)18-22-7-10-24(31)11-8-22/h7-12,19-21,26,35H,13-18H2,1-6H3/t21?,26-,40?/m0/s1. The van der Waals surface area contributed by atoms with Crippen LogP contribution in [0.15, 0.2) is 42.5 Å². The largest absolute Gasteiger partial charge is 0.598 e. The summed E-state index contributed by atoms with van der Waals surface area (Å²) < 4.78 is 56.9. The van der Waals surface area contributed by atoms with Gasteiger partial charge in [-0.1, -0.05) is 44.5 Å². The SMILES string of the molecule is CC(C)C[C@H](N[S+]([O-])C(C)(C)C)c1cc(C(F)(F)F)ccc1N1CCN(C(=O)C(C)Cc2ccc(Cl)cc2)CC1. The van der Waals surface area contributed by atoms with Crippen molar-refractivity contribution >= 4 is 34.6 Å². The number of hydrogen-bond donors (Lipinski definition) is 1. The number of amides is 1. The molecule has 1 amide bonds. The van der Waals surface area contributed by atoms with Crippen molar-refractivity contribution < 1.29 is 22.5 Å². The second-order valence-electron chi connectivity index (χ2n) is 12.0. The molecule has 3 rings (SSSR count). The van der Waals surface area contributed by atoms with E-state index in [1.54, 1.807) is 0 Å². The lowest BCUT2D eigenvalue weighted by molar-refractivity contribution is -0.137. The molecule has 222 valence electrons. The number of piperazine rings is 1. The lowest BCUT2D eigenvalue weighted by atomic mass is 9.94. The molecule has 0 aliphatic carbocycles. The van der Waals surface area contributed by atoms with Gasteiger partial charge in [-0.2, -0.15) is 13.2 Å². The second-order valence-corrected chi connectivity index (χ2v) is 14.4. The maximum atomic E-state index is 13.8. The van der Waals surface area contributed by atoms with Crippen LogP contribution in [-0.2, 0) is 28.8 Å². The molecule has 1 saturated heterocycles. The van der Waals surface area contributed by atoms with E-state index >= 15 is 0 Å². The Morgan fingerprint density at radius 3 is 2.15 bits per heavy atom. The summed E-state index contributed by atoms with van der Waals surface area (Å²) in [5, 5.41) is 0.650. The molecule has 0 radical (unpaired) electrons. The van der Waals surface area contributed by atoms with Gasteiger partial charge in [0, 0.05) is 54.2 Å². The van der Waals surface area contributed by atoms with Gasteiger partial charge in [0.25, 0.3) is 0 Å². The molecular weight excluding hydrogens is 559 g/mol. The van der Waals surface area contributed by atoms with Crippen LogP contribution in [-0.4, -0.2) is 46.3 Å². The first-order valence-electron chi connectivity index (χ1n) is 13.7. The normalized spacial score (nSPS) is 17.2. The predicted molar refractivity (Wildman–Crippen MR) is 158 cm³/mol. The number of carbonyl (C=O) groups is 1. The highest BCUT2D eigenvalue weighted by Gasteiger charge is 2.36. The number of hydrogen-bond acceptors (Lipinski definition) is 4. The van der Waals surface area contributed by atoms with E-state index in [9.17, 15) is 22.5 Å². The average molecular weight is 600 g/mol.